The van der Waals surface area contributed by atoms with E-state index >= 15 is 0 Å². The van der Waals surface area contributed by atoms with Gasteiger partial charge < -0.3 is 0 Å². The molecule has 0 aromatic heterocycles. The Balaban J connectivity index is 2.37. The minimum atomic E-state index is -2.79. The molecule has 1 aliphatic rings. The van der Waals surface area contributed by atoms with Gasteiger partial charge in [-0.25, -0.2) is 8.42 Å². The maximum absolute atomic E-state index is 11.4. The largest absolute Gasteiger partial charge is 0.271 e. The minimum absolute atomic E-state index is 0.163. The Kier molecular flexibility index (Phi) is 5.21. The summed E-state index contributed by atoms with van der Waals surface area (Å²) in [6.45, 7) is 4.40. The van der Waals surface area contributed by atoms with Crippen molar-refractivity contribution in [3.8, 4) is 0 Å². The Labute approximate surface area is 98.9 Å². The number of hydrogen-bond acceptors (Lipinski definition) is 4. The van der Waals surface area contributed by atoms with Crippen LogP contribution in [0.5, 0.6) is 0 Å². The second-order valence-corrected chi connectivity index (χ2v) is 7.49. The summed E-state index contributed by atoms with van der Waals surface area (Å²) < 4.78 is 22.7. The molecular weight excluding hydrogens is 224 g/mol. The molecule has 1 aliphatic heterocycles. The van der Waals surface area contributed by atoms with Crippen LogP contribution < -0.4 is 11.3 Å². The van der Waals surface area contributed by atoms with Gasteiger partial charge in [-0.15, -0.1) is 0 Å². The molecule has 16 heavy (non-hydrogen) atoms. The number of hydrazine groups is 1. The second kappa shape index (κ2) is 5.98. The van der Waals surface area contributed by atoms with Gasteiger partial charge in [0, 0.05) is 6.04 Å². The van der Waals surface area contributed by atoms with E-state index in [0.717, 1.165) is 19.3 Å². The van der Waals surface area contributed by atoms with Crippen molar-refractivity contribution in [2.24, 2.45) is 17.7 Å². The molecule has 1 rings (SSSR count). The summed E-state index contributed by atoms with van der Waals surface area (Å²) in [5, 5.41) is 0. The summed E-state index contributed by atoms with van der Waals surface area (Å²) in [6, 6.07) is 0.163. The minimum Gasteiger partial charge on any atom is -0.271 e. The van der Waals surface area contributed by atoms with Crippen LogP contribution in [0.4, 0.5) is 0 Å². The zero-order chi connectivity index (χ0) is 12.2. The topological polar surface area (TPSA) is 72.2 Å². The molecule has 4 nitrogen and oxygen atoms in total. The first-order valence-corrected chi connectivity index (χ1v) is 7.93. The number of nitrogens with one attached hydrogen (secondary N) is 1. The van der Waals surface area contributed by atoms with Gasteiger partial charge in [0.15, 0.2) is 9.84 Å². The van der Waals surface area contributed by atoms with E-state index < -0.39 is 9.84 Å². The third-order valence-electron chi connectivity index (χ3n) is 3.35. The van der Waals surface area contributed by atoms with Crippen molar-refractivity contribution in [1.29, 1.82) is 0 Å². The molecule has 0 radical (unpaired) electrons. The molecule has 2 atom stereocenters. The van der Waals surface area contributed by atoms with Crippen molar-refractivity contribution in [3.63, 3.8) is 0 Å². The maximum Gasteiger partial charge on any atom is 0.150 e. The van der Waals surface area contributed by atoms with Crippen molar-refractivity contribution in [1.82, 2.24) is 5.43 Å². The van der Waals surface area contributed by atoms with Crippen LogP contribution in [0, 0.1) is 11.8 Å². The van der Waals surface area contributed by atoms with Crippen molar-refractivity contribution in [3.05, 3.63) is 0 Å². The van der Waals surface area contributed by atoms with Gasteiger partial charge in [-0.3, -0.25) is 11.3 Å². The fourth-order valence-corrected chi connectivity index (χ4v) is 4.22. The van der Waals surface area contributed by atoms with Gasteiger partial charge in [0.1, 0.15) is 0 Å². The van der Waals surface area contributed by atoms with E-state index in [1.54, 1.807) is 0 Å². The van der Waals surface area contributed by atoms with Crippen LogP contribution in [0.25, 0.3) is 0 Å². The molecule has 3 N–H and O–H groups in total. The summed E-state index contributed by atoms with van der Waals surface area (Å²) in [6.07, 6.45) is 4.04. The van der Waals surface area contributed by atoms with E-state index in [4.69, 9.17) is 5.84 Å². The van der Waals surface area contributed by atoms with E-state index in [9.17, 15) is 8.42 Å². The lowest BCUT2D eigenvalue weighted by atomic mass is 9.93. The van der Waals surface area contributed by atoms with E-state index in [1.807, 2.05) is 0 Å². The predicted octanol–water partition coefficient (Wildman–Crippen LogP) is 1.08. The Morgan fingerprint density at radius 2 is 2.06 bits per heavy atom. The van der Waals surface area contributed by atoms with Crippen LogP contribution in [-0.4, -0.2) is 26.0 Å². The summed E-state index contributed by atoms with van der Waals surface area (Å²) in [5.74, 6) is 7.07. The van der Waals surface area contributed by atoms with Gasteiger partial charge in [-0.2, -0.15) is 0 Å². The molecule has 0 spiro atoms. The smallest absolute Gasteiger partial charge is 0.150 e. The number of rotatable bonds is 6. The summed E-state index contributed by atoms with van der Waals surface area (Å²) >= 11 is 0. The van der Waals surface area contributed by atoms with Crippen LogP contribution in [0.1, 0.15) is 39.5 Å². The molecule has 0 amide bonds. The zero-order valence-electron chi connectivity index (χ0n) is 10.3. The summed E-state index contributed by atoms with van der Waals surface area (Å²) in [4.78, 5) is 0. The lowest BCUT2D eigenvalue weighted by Crippen LogP contribution is -2.41. The van der Waals surface area contributed by atoms with Crippen molar-refractivity contribution >= 4 is 9.84 Å². The Bertz CT molecular complexity index is 301. The second-order valence-electron chi connectivity index (χ2n) is 5.26. The van der Waals surface area contributed by atoms with Crippen LogP contribution >= 0.6 is 0 Å². The average molecular weight is 248 g/mol. The predicted molar refractivity (Wildman–Crippen MR) is 66.6 cm³/mol. The first kappa shape index (κ1) is 13.9. The van der Waals surface area contributed by atoms with Crippen molar-refractivity contribution < 1.29 is 8.42 Å². The molecule has 0 aromatic rings. The molecule has 1 fully saturated rings. The van der Waals surface area contributed by atoms with E-state index in [-0.39, 0.29) is 12.0 Å². The zero-order valence-corrected chi connectivity index (χ0v) is 11.1. The molecule has 0 aromatic carbocycles. The van der Waals surface area contributed by atoms with Gasteiger partial charge in [0.05, 0.1) is 11.5 Å². The number of sulfone groups is 1. The normalized spacial score (nSPS) is 26.1. The quantitative estimate of drug-likeness (QED) is 0.545. The SMILES string of the molecule is CC(C)CCCC(NN)C1CCS(=O)(=O)C1. The highest BCUT2D eigenvalue weighted by molar-refractivity contribution is 7.91. The summed E-state index contributed by atoms with van der Waals surface area (Å²) in [7, 11) is -2.79. The van der Waals surface area contributed by atoms with Crippen LogP contribution in [-0.2, 0) is 9.84 Å². The molecule has 2 unspecified atom stereocenters. The van der Waals surface area contributed by atoms with Crippen molar-refractivity contribution in [2.75, 3.05) is 11.5 Å². The fraction of sp³-hybridized carbons (Fsp3) is 1.00. The van der Waals surface area contributed by atoms with E-state index in [2.05, 4.69) is 19.3 Å². The highest BCUT2D eigenvalue weighted by Gasteiger charge is 2.32. The van der Waals surface area contributed by atoms with E-state index in [1.165, 1.54) is 6.42 Å². The van der Waals surface area contributed by atoms with Gasteiger partial charge in [0.2, 0.25) is 0 Å². The van der Waals surface area contributed by atoms with Crippen LogP contribution in [0.3, 0.4) is 0 Å². The molecule has 96 valence electrons. The molecular formula is C11H24N2O2S. The molecule has 0 saturated carbocycles. The molecule has 0 bridgehead atoms. The van der Waals surface area contributed by atoms with E-state index in [0.29, 0.717) is 17.4 Å². The number of hydrogen-bond donors (Lipinski definition) is 2. The first-order valence-electron chi connectivity index (χ1n) is 6.11. The third-order valence-corrected chi connectivity index (χ3v) is 5.14. The Morgan fingerprint density at radius 3 is 2.50 bits per heavy atom. The average Bonchev–Trinajstić information content (AvgIpc) is 2.53. The lowest BCUT2D eigenvalue weighted by molar-refractivity contribution is 0.348. The van der Waals surface area contributed by atoms with Gasteiger partial charge in [-0.05, 0) is 24.7 Å². The molecule has 0 aliphatic carbocycles. The van der Waals surface area contributed by atoms with Gasteiger partial charge in [0.25, 0.3) is 0 Å². The first-order chi connectivity index (χ1) is 7.44. The van der Waals surface area contributed by atoms with Crippen LogP contribution in [0.15, 0.2) is 0 Å². The highest BCUT2D eigenvalue weighted by Crippen LogP contribution is 2.24. The summed E-state index contributed by atoms with van der Waals surface area (Å²) in [5.41, 5.74) is 2.79. The maximum atomic E-state index is 11.4. The number of nitrogens with two attached hydrogens (primary N) is 1. The Morgan fingerprint density at radius 1 is 1.38 bits per heavy atom. The monoisotopic (exact) mass is 248 g/mol. The third kappa shape index (κ3) is 4.39. The van der Waals surface area contributed by atoms with Gasteiger partial charge >= 0.3 is 0 Å². The standard InChI is InChI=1S/C11H24N2O2S/c1-9(2)4-3-5-11(13-12)10-6-7-16(14,15)8-10/h9-11,13H,3-8,12H2,1-2H3. The lowest BCUT2D eigenvalue weighted by Gasteiger charge is -2.21. The highest BCUT2D eigenvalue weighted by atomic mass is 32.2. The van der Waals surface area contributed by atoms with Crippen LogP contribution in [0.2, 0.25) is 0 Å². The molecule has 5 heteroatoms. The molecule has 1 saturated heterocycles. The fourth-order valence-electron chi connectivity index (χ4n) is 2.34. The van der Waals surface area contributed by atoms with Crippen molar-refractivity contribution in [2.45, 2.75) is 45.6 Å². The Hall–Kier alpha value is -0.130. The molecule has 1 heterocycles. The van der Waals surface area contributed by atoms with Gasteiger partial charge in [-0.1, -0.05) is 26.7 Å².